The van der Waals surface area contributed by atoms with Crippen LogP contribution in [0.15, 0.2) is 54.6 Å². The summed E-state index contributed by atoms with van der Waals surface area (Å²) < 4.78 is 13.7. The molecule has 0 saturated heterocycles. The first-order valence-corrected chi connectivity index (χ1v) is 6.91. The first kappa shape index (κ1) is 13.5. The number of benzene rings is 2. The molecule has 0 fully saturated rings. The van der Waals surface area contributed by atoms with Crippen LogP contribution in [0.5, 0.6) is 0 Å². The van der Waals surface area contributed by atoms with E-state index in [9.17, 15) is 4.39 Å². The van der Waals surface area contributed by atoms with E-state index in [-0.39, 0.29) is 5.56 Å². The van der Waals surface area contributed by atoms with Gasteiger partial charge in [0.25, 0.3) is 0 Å². The number of nitrogens with zero attached hydrogens (tertiary/aromatic N) is 2. The molecule has 1 aliphatic rings. The molecule has 1 heterocycles. The van der Waals surface area contributed by atoms with Gasteiger partial charge in [0.1, 0.15) is 11.9 Å². The topological polar surface area (TPSA) is 27.0 Å². The molecule has 0 spiro atoms. The summed E-state index contributed by atoms with van der Waals surface area (Å²) in [6.45, 7) is 2.56. The predicted octanol–water partition coefficient (Wildman–Crippen LogP) is 3.60. The van der Waals surface area contributed by atoms with Gasteiger partial charge in [0.2, 0.25) is 0 Å². The Morgan fingerprint density at radius 1 is 1.14 bits per heavy atom. The fourth-order valence-corrected chi connectivity index (χ4v) is 2.59. The van der Waals surface area contributed by atoms with E-state index >= 15 is 0 Å². The van der Waals surface area contributed by atoms with Crippen LogP contribution >= 0.6 is 0 Å². The SMILES string of the molecule is N#Cc1ccc(C2=CCN(Cc3ccccc3)C2)cc1F. The minimum Gasteiger partial charge on any atom is -0.291 e. The summed E-state index contributed by atoms with van der Waals surface area (Å²) in [6.07, 6.45) is 2.13. The van der Waals surface area contributed by atoms with E-state index in [4.69, 9.17) is 5.26 Å². The van der Waals surface area contributed by atoms with Crippen molar-refractivity contribution >= 4 is 5.57 Å². The van der Waals surface area contributed by atoms with Gasteiger partial charge in [-0.05, 0) is 28.8 Å². The highest BCUT2D eigenvalue weighted by Gasteiger charge is 2.16. The van der Waals surface area contributed by atoms with Gasteiger partial charge < -0.3 is 0 Å². The number of nitriles is 1. The second kappa shape index (κ2) is 5.90. The van der Waals surface area contributed by atoms with Crippen molar-refractivity contribution in [2.24, 2.45) is 0 Å². The van der Waals surface area contributed by atoms with Crippen molar-refractivity contribution in [1.82, 2.24) is 4.90 Å². The van der Waals surface area contributed by atoms with Gasteiger partial charge in [0.15, 0.2) is 0 Å². The Kier molecular flexibility index (Phi) is 3.81. The van der Waals surface area contributed by atoms with E-state index in [1.54, 1.807) is 6.07 Å². The van der Waals surface area contributed by atoms with Crippen molar-refractivity contribution in [2.45, 2.75) is 6.54 Å². The molecular weight excluding hydrogens is 263 g/mol. The molecule has 2 aromatic carbocycles. The van der Waals surface area contributed by atoms with Crippen LogP contribution in [0.3, 0.4) is 0 Å². The minimum absolute atomic E-state index is 0.0958. The smallest absolute Gasteiger partial charge is 0.141 e. The van der Waals surface area contributed by atoms with E-state index in [1.807, 2.05) is 30.3 Å². The Morgan fingerprint density at radius 2 is 1.95 bits per heavy atom. The van der Waals surface area contributed by atoms with Crippen molar-refractivity contribution in [3.63, 3.8) is 0 Å². The molecule has 0 aliphatic carbocycles. The standard InChI is InChI=1S/C18H15FN2/c19-18-10-15(6-7-16(18)11-20)17-8-9-21(13-17)12-14-4-2-1-3-5-14/h1-8,10H,9,12-13H2. The summed E-state index contributed by atoms with van der Waals surface area (Å²) in [4.78, 5) is 2.31. The van der Waals surface area contributed by atoms with Gasteiger partial charge in [-0.3, -0.25) is 4.90 Å². The fourth-order valence-electron chi connectivity index (χ4n) is 2.59. The highest BCUT2D eigenvalue weighted by molar-refractivity contribution is 5.69. The number of hydrogen-bond donors (Lipinski definition) is 0. The van der Waals surface area contributed by atoms with Crippen molar-refractivity contribution in [1.29, 1.82) is 5.26 Å². The van der Waals surface area contributed by atoms with E-state index in [1.165, 1.54) is 11.6 Å². The zero-order valence-corrected chi connectivity index (χ0v) is 11.6. The molecule has 0 saturated carbocycles. The van der Waals surface area contributed by atoms with Gasteiger partial charge >= 0.3 is 0 Å². The van der Waals surface area contributed by atoms with Crippen molar-refractivity contribution in [3.05, 3.63) is 77.1 Å². The third-order valence-corrected chi connectivity index (χ3v) is 3.70. The van der Waals surface area contributed by atoms with E-state index in [0.29, 0.717) is 0 Å². The summed E-state index contributed by atoms with van der Waals surface area (Å²) >= 11 is 0. The summed E-state index contributed by atoms with van der Waals surface area (Å²) in [5.41, 5.74) is 3.35. The monoisotopic (exact) mass is 278 g/mol. The number of halogens is 1. The van der Waals surface area contributed by atoms with Crippen molar-refractivity contribution in [2.75, 3.05) is 13.1 Å². The first-order chi connectivity index (χ1) is 10.3. The lowest BCUT2D eigenvalue weighted by Crippen LogP contribution is -2.20. The second-order valence-corrected chi connectivity index (χ2v) is 5.19. The Labute approximate surface area is 123 Å². The second-order valence-electron chi connectivity index (χ2n) is 5.19. The summed E-state index contributed by atoms with van der Waals surface area (Å²) in [5, 5.41) is 8.77. The van der Waals surface area contributed by atoms with E-state index in [0.717, 1.165) is 30.8 Å². The Balaban J connectivity index is 1.69. The maximum atomic E-state index is 13.7. The van der Waals surface area contributed by atoms with Gasteiger partial charge in [-0.1, -0.05) is 42.5 Å². The van der Waals surface area contributed by atoms with Gasteiger partial charge in [-0.2, -0.15) is 5.26 Å². The van der Waals surface area contributed by atoms with Crippen LogP contribution in [0, 0.1) is 17.1 Å². The van der Waals surface area contributed by atoms with Crippen LogP contribution < -0.4 is 0 Å². The molecule has 0 radical (unpaired) electrons. The zero-order chi connectivity index (χ0) is 14.7. The summed E-state index contributed by atoms with van der Waals surface area (Å²) in [7, 11) is 0. The first-order valence-electron chi connectivity index (χ1n) is 6.91. The van der Waals surface area contributed by atoms with Gasteiger partial charge in [0, 0.05) is 19.6 Å². The van der Waals surface area contributed by atoms with Crippen LogP contribution in [0.25, 0.3) is 5.57 Å². The Morgan fingerprint density at radius 3 is 2.67 bits per heavy atom. The molecule has 0 N–H and O–H groups in total. The summed E-state index contributed by atoms with van der Waals surface area (Å²) in [6, 6.07) is 17.0. The average Bonchev–Trinajstić information content (AvgIpc) is 2.97. The van der Waals surface area contributed by atoms with Gasteiger partial charge in [-0.15, -0.1) is 0 Å². The molecular formula is C18H15FN2. The lowest BCUT2D eigenvalue weighted by atomic mass is 10.0. The van der Waals surface area contributed by atoms with Crippen LogP contribution in [0.4, 0.5) is 4.39 Å². The molecule has 2 nitrogen and oxygen atoms in total. The average molecular weight is 278 g/mol. The van der Waals surface area contributed by atoms with Crippen LogP contribution in [0.2, 0.25) is 0 Å². The molecule has 21 heavy (non-hydrogen) atoms. The van der Waals surface area contributed by atoms with Gasteiger partial charge in [0.05, 0.1) is 5.56 Å². The van der Waals surface area contributed by atoms with Gasteiger partial charge in [-0.25, -0.2) is 4.39 Å². The van der Waals surface area contributed by atoms with Crippen LogP contribution in [-0.4, -0.2) is 18.0 Å². The molecule has 0 aromatic heterocycles. The third kappa shape index (κ3) is 3.01. The van der Waals surface area contributed by atoms with Crippen LogP contribution in [0.1, 0.15) is 16.7 Å². The van der Waals surface area contributed by atoms with E-state index in [2.05, 4.69) is 23.1 Å². The highest BCUT2D eigenvalue weighted by atomic mass is 19.1. The molecule has 2 aromatic rings. The minimum atomic E-state index is -0.447. The molecule has 0 atom stereocenters. The molecule has 104 valence electrons. The maximum absolute atomic E-state index is 13.7. The maximum Gasteiger partial charge on any atom is 0.141 e. The molecule has 3 heteroatoms. The summed E-state index contributed by atoms with van der Waals surface area (Å²) in [5.74, 6) is -0.447. The van der Waals surface area contributed by atoms with Crippen molar-refractivity contribution in [3.8, 4) is 6.07 Å². The molecule has 1 aliphatic heterocycles. The normalized spacial score (nSPS) is 14.8. The molecule has 0 unspecified atom stereocenters. The molecule has 0 amide bonds. The van der Waals surface area contributed by atoms with E-state index < -0.39 is 5.82 Å². The Hall–Kier alpha value is -2.44. The fraction of sp³-hybridized carbons (Fsp3) is 0.167. The lowest BCUT2D eigenvalue weighted by molar-refractivity contribution is 0.348. The Bertz CT molecular complexity index is 714. The molecule has 3 rings (SSSR count). The number of hydrogen-bond acceptors (Lipinski definition) is 2. The quantitative estimate of drug-likeness (QED) is 0.857. The van der Waals surface area contributed by atoms with Crippen LogP contribution in [-0.2, 0) is 6.54 Å². The lowest BCUT2D eigenvalue weighted by Gasteiger charge is -2.16. The highest BCUT2D eigenvalue weighted by Crippen LogP contribution is 2.24. The number of rotatable bonds is 3. The largest absolute Gasteiger partial charge is 0.291 e. The predicted molar refractivity (Wildman–Crippen MR) is 80.8 cm³/mol. The molecule has 0 bridgehead atoms. The zero-order valence-electron chi connectivity index (χ0n) is 11.6. The third-order valence-electron chi connectivity index (χ3n) is 3.70. The van der Waals surface area contributed by atoms with Crippen molar-refractivity contribution < 1.29 is 4.39 Å².